The van der Waals surface area contributed by atoms with Gasteiger partial charge in [-0.15, -0.1) is 11.3 Å². The van der Waals surface area contributed by atoms with Crippen LogP contribution < -0.4 is 0 Å². The summed E-state index contributed by atoms with van der Waals surface area (Å²) >= 11 is 1.30. The van der Waals surface area contributed by atoms with Gasteiger partial charge in [0, 0.05) is 0 Å². The van der Waals surface area contributed by atoms with Crippen LogP contribution >= 0.6 is 11.3 Å². The summed E-state index contributed by atoms with van der Waals surface area (Å²) < 4.78 is 10.4. The molecule has 1 heterocycles. The predicted octanol–water partition coefficient (Wildman–Crippen LogP) is 4.22. The molecule has 1 aromatic rings. The first-order chi connectivity index (χ1) is 10.1. The lowest BCUT2D eigenvalue weighted by Gasteiger charge is -2.02. The molecule has 0 amide bonds. The molecular formula is C16H21NO3S. The van der Waals surface area contributed by atoms with Crippen LogP contribution in [0.5, 0.6) is 0 Å². The van der Waals surface area contributed by atoms with Gasteiger partial charge in [0.1, 0.15) is 15.6 Å². The molecule has 0 aromatic carbocycles. The van der Waals surface area contributed by atoms with Crippen LogP contribution in [0.25, 0.3) is 5.57 Å². The number of allylic oxidation sites excluding steroid dienone is 4. The van der Waals surface area contributed by atoms with Crippen molar-refractivity contribution in [1.29, 1.82) is 0 Å². The normalized spacial score (nSPS) is 11.7. The van der Waals surface area contributed by atoms with Crippen molar-refractivity contribution in [1.82, 2.24) is 4.98 Å². The van der Waals surface area contributed by atoms with Gasteiger partial charge in [0.2, 0.25) is 0 Å². The van der Waals surface area contributed by atoms with E-state index in [1.807, 2.05) is 32.1 Å². The Bertz CT molecular complexity index is 543. The number of rotatable bonds is 8. The van der Waals surface area contributed by atoms with Gasteiger partial charge in [0.15, 0.2) is 0 Å². The Balaban J connectivity index is 2.60. The number of carbonyl (C=O) groups is 1. The molecule has 0 aliphatic rings. The van der Waals surface area contributed by atoms with Crippen molar-refractivity contribution in [2.75, 3.05) is 13.2 Å². The van der Waals surface area contributed by atoms with Gasteiger partial charge in [0.05, 0.1) is 19.4 Å². The molecule has 0 radical (unpaired) electrons. The maximum atomic E-state index is 11.6. The number of hydrogen-bond acceptors (Lipinski definition) is 5. The molecule has 0 atom stereocenters. The van der Waals surface area contributed by atoms with E-state index in [0.717, 1.165) is 16.3 Å². The highest BCUT2D eigenvalue weighted by Gasteiger charge is 2.12. The number of nitrogens with zero attached hydrogens (tertiary/aromatic N) is 1. The monoisotopic (exact) mass is 307 g/mol. The third-order valence-electron chi connectivity index (χ3n) is 2.53. The van der Waals surface area contributed by atoms with E-state index in [0.29, 0.717) is 24.5 Å². The smallest absolute Gasteiger partial charge is 0.349 e. The second-order valence-corrected chi connectivity index (χ2v) is 5.11. The largest absolute Gasteiger partial charge is 0.494 e. The number of carbonyl (C=O) groups excluding carboxylic acids is 1. The van der Waals surface area contributed by atoms with Crippen LogP contribution in [0.4, 0.5) is 0 Å². The number of hydrogen-bond donors (Lipinski definition) is 0. The van der Waals surface area contributed by atoms with Crippen LogP contribution in [0, 0.1) is 0 Å². The van der Waals surface area contributed by atoms with E-state index < -0.39 is 0 Å². The van der Waals surface area contributed by atoms with Crippen LogP contribution in [0.1, 0.15) is 41.9 Å². The highest BCUT2D eigenvalue weighted by molar-refractivity contribution is 7.14. The summed E-state index contributed by atoms with van der Waals surface area (Å²) in [5, 5.41) is 0.751. The summed E-state index contributed by atoms with van der Waals surface area (Å²) in [6.07, 6.45) is 7.98. The van der Waals surface area contributed by atoms with Crippen molar-refractivity contribution in [3.05, 3.63) is 46.6 Å². The van der Waals surface area contributed by atoms with Crippen LogP contribution in [-0.4, -0.2) is 24.2 Å². The molecule has 0 saturated heterocycles. The second-order valence-electron chi connectivity index (χ2n) is 4.08. The highest BCUT2D eigenvalue weighted by atomic mass is 32.1. The molecule has 0 unspecified atom stereocenters. The summed E-state index contributed by atoms with van der Waals surface area (Å²) in [5.41, 5.74) is 0.860. The van der Waals surface area contributed by atoms with E-state index in [-0.39, 0.29) is 5.97 Å². The van der Waals surface area contributed by atoms with E-state index >= 15 is 0 Å². The first kappa shape index (κ1) is 17.2. The quantitative estimate of drug-likeness (QED) is 0.410. The number of thiazole rings is 1. The van der Waals surface area contributed by atoms with Crippen LogP contribution in [0.15, 0.2) is 36.8 Å². The molecule has 21 heavy (non-hydrogen) atoms. The SMILES string of the molecule is C=C(C/C=C\C(=C/C)OCC)c1ncc(C(=O)OCC)s1. The topological polar surface area (TPSA) is 48.4 Å². The number of aromatic nitrogens is 1. The molecule has 1 rings (SSSR count). The summed E-state index contributed by atoms with van der Waals surface area (Å²) in [4.78, 5) is 16.3. The number of esters is 1. The molecule has 0 N–H and O–H groups in total. The van der Waals surface area contributed by atoms with Gasteiger partial charge in [-0.25, -0.2) is 9.78 Å². The van der Waals surface area contributed by atoms with Gasteiger partial charge < -0.3 is 9.47 Å². The third kappa shape index (κ3) is 5.55. The number of ether oxygens (including phenoxy) is 2. The van der Waals surface area contributed by atoms with Crippen LogP contribution in [0.2, 0.25) is 0 Å². The van der Waals surface area contributed by atoms with Crippen molar-refractivity contribution in [3.8, 4) is 0 Å². The summed E-state index contributed by atoms with van der Waals surface area (Å²) in [6, 6.07) is 0. The van der Waals surface area contributed by atoms with Crippen molar-refractivity contribution in [2.24, 2.45) is 0 Å². The molecule has 0 fully saturated rings. The standard InChI is InChI=1S/C16H21NO3S/c1-5-13(19-6-2)10-8-9-12(4)15-17-11-14(21-15)16(18)20-7-3/h5,8,10-11H,4,6-7,9H2,1-3H3/b10-8-,13-5+. The molecule has 0 bridgehead atoms. The van der Waals surface area contributed by atoms with E-state index in [9.17, 15) is 4.79 Å². The van der Waals surface area contributed by atoms with E-state index in [4.69, 9.17) is 9.47 Å². The van der Waals surface area contributed by atoms with Crippen molar-refractivity contribution >= 4 is 22.9 Å². The first-order valence-electron chi connectivity index (χ1n) is 6.89. The van der Waals surface area contributed by atoms with E-state index in [1.165, 1.54) is 17.5 Å². The average molecular weight is 307 g/mol. The first-order valence-corrected chi connectivity index (χ1v) is 7.70. The van der Waals surface area contributed by atoms with Gasteiger partial charge in [0.25, 0.3) is 0 Å². The molecule has 0 saturated carbocycles. The van der Waals surface area contributed by atoms with Crippen LogP contribution in [0.3, 0.4) is 0 Å². The molecule has 4 nitrogen and oxygen atoms in total. The van der Waals surface area contributed by atoms with E-state index in [2.05, 4.69) is 11.6 Å². The lowest BCUT2D eigenvalue weighted by molar-refractivity contribution is 0.0532. The van der Waals surface area contributed by atoms with Gasteiger partial charge in [-0.2, -0.15) is 0 Å². The second kappa shape index (κ2) is 9.13. The lowest BCUT2D eigenvalue weighted by Crippen LogP contribution is -2.01. The summed E-state index contributed by atoms with van der Waals surface area (Å²) in [6.45, 7) is 10.6. The molecule has 0 aliphatic heterocycles. The zero-order valence-corrected chi connectivity index (χ0v) is 13.5. The fourth-order valence-corrected chi connectivity index (χ4v) is 2.32. The Morgan fingerprint density at radius 3 is 2.71 bits per heavy atom. The zero-order chi connectivity index (χ0) is 15.7. The Hall–Kier alpha value is -1.88. The maximum Gasteiger partial charge on any atom is 0.349 e. The Morgan fingerprint density at radius 2 is 2.10 bits per heavy atom. The fraction of sp³-hybridized carbons (Fsp3) is 0.375. The van der Waals surface area contributed by atoms with Gasteiger partial charge >= 0.3 is 5.97 Å². The summed E-state index contributed by atoms with van der Waals surface area (Å²) in [5.74, 6) is 0.494. The fourth-order valence-electron chi connectivity index (χ4n) is 1.53. The molecule has 1 aromatic heterocycles. The predicted molar refractivity (Wildman–Crippen MR) is 86.2 cm³/mol. The molecule has 5 heteroatoms. The molecular weight excluding hydrogens is 286 g/mol. The molecule has 0 aliphatic carbocycles. The average Bonchev–Trinajstić information content (AvgIpc) is 2.96. The van der Waals surface area contributed by atoms with Crippen molar-refractivity contribution < 1.29 is 14.3 Å². The Labute approximate surface area is 129 Å². The van der Waals surface area contributed by atoms with Gasteiger partial charge in [-0.3, -0.25) is 0 Å². The lowest BCUT2D eigenvalue weighted by atomic mass is 10.2. The van der Waals surface area contributed by atoms with Gasteiger partial charge in [-0.1, -0.05) is 12.7 Å². The molecule has 0 spiro atoms. The minimum absolute atomic E-state index is 0.336. The maximum absolute atomic E-state index is 11.6. The van der Waals surface area contributed by atoms with Crippen molar-refractivity contribution in [2.45, 2.75) is 27.2 Å². The Morgan fingerprint density at radius 1 is 1.38 bits per heavy atom. The van der Waals surface area contributed by atoms with E-state index in [1.54, 1.807) is 6.92 Å². The van der Waals surface area contributed by atoms with Crippen LogP contribution in [-0.2, 0) is 9.47 Å². The molecule has 114 valence electrons. The summed E-state index contributed by atoms with van der Waals surface area (Å²) in [7, 11) is 0. The van der Waals surface area contributed by atoms with Crippen molar-refractivity contribution in [3.63, 3.8) is 0 Å². The minimum atomic E-state index is -0.336. The van der Waals surface area contributed by atoms with Gasteiger partial charge in [-0.05, 0) is 44.9 Å². The highest BCUT2D eigenvalue weighted by Crippen LogP contribution is 2.23. The zero-order valence-electron chi connectivity index (χ0n) is 12.7. The minimum Gasteiger partial charge on any atom is -0.494 e. The third-order valence-corrected chi connectivity index (χ3v) is 3.61. The Kier molecular flexibility index (Phi) is 7.46.